The molecule has 0 radical (unpaired) electrons. The molecule has 1 saturated heterocycles. The summed E-state index contributed by atoms with van der Waals surface area (Å²) in [4.78, 5) is 21.2. The third-order valence-electron chi connectivity index (χ3n) is 7.38. The number of hydrogen-bond donors (Lipinski definition) is 0. The Morgan fingerprint density at radius 3 is 2.22 bits per heavy atom. The highest BCUT2D eigenvalue weighted by Gasteiger charge is 2.42. The number of carbonyl (C=O) groups excluding carboxylic acids is 1. The normalized spacial score (nSPS) is 19.3. The first-order valence-corrected chi connectivity index (χ1v) is 14.6. The van der Waals surface area contributed by atoms with E-state index in [4.69, 9.17) is 0 Å². The molecule has 0 saturated carbocycles. The summed E-state index contributed by atoms with van der Waals surface area (Å²) in [6.07, 6.45) is 1.95. The minimum atomic E-state index is -0.0914. The molecule has 2 aliphatic rings. The molecule has 0 bridgehead atoms. The molecule has 6 heteroatoms. The second-order valence-corrected chi connectivity index (χ2v) is 11.4. The number of urea groups is 1. The van der Waals surface area contributed by atoms with Crippen LogP contribution in [0.5, 0.6) is 0 Å². The Morgan fingerprint density at radius 1 is 0.806 bits per heavy atom. The van der Waals surface area contributed by atoms with Gasteiger partial charge in [-0.2, -0.15) is 22.7 Å². The zero-order valence-electron chi connectivity index (χ0n) is 20.3. The van der Waals surface area contributed by atoms with Crippen LogP contribution in [0.1, 0.15) is 40.3 Å². The molecule has 0 N–H and O–H groups in total. The van der Waals surface area contributed by atoms with Gasteiger partial charge in [-0.3, -0.25) is 4.90 Å². The Balaban J connectivity index is 1.38. The number of hydrogen-bond acceptors (Lipinski definition) is 4. The maximum Gasteiger partial charge on any atom is 0.321 e. The van der Waals surface area contributed by atoms with E-state index in [-0.39, 0.29) is 18.1 Å². The third kappa shape index (κ3) is 4.85. The summed E-state index contributed by atoms with van der Waals surface area (Å²) in [5, 5.41) is 8.64. The average molecular weight is 514 g/mol. The molecule has 4 aromatic rings. The summed E-state index contributed by atoms with van der Waals surface area (Å²) in [6, 6.07) is 24.0. The Labute approximate surface area is 221 Å². The van der Waals surface area contributed by atoms with E-state index in [1.165, 1.54) is 27.8 Å². The molecule has 6 rings (SSSR count). The highest BCUT2D eigenvalue weighted by molar-refractivity contribution is 7.08. The van der Waals surface area contributed by atoms with Gasteiger partial charge >= 0.3 is 6.03 Å². The van der Waals surface area contributed by atoms with E-state index in [1.807, 2.05) is 0 Å². The first-order chi connectivity index (χ1) is 17.8. The number of amides is 2. The summed E-state index contributed by atoms with van der Waals surface area (Å²) in [5.74, 6) is 0. The van der Waals surface area contributed by atoms with Gasteiger partial charge in [0.15, 0.2) is 0 Å². The molecule has 1 unspecified atom stereocenters. The van der Waals surface area contributed by atoms with Gasteiger partial charge in [0, 0.05) is 32.7 Å². The molecule has 2 aromatic carbocycles. The maximum atomic E-state index is 14.5. The number of rotatable bonds is 6. The van der Waals surface area contributed by atoms with Gasteiger partial charge in [-0.1, -0.05) is 54.6 Å². The van der Waals surface area contributed by atoms with Crippen LogP contribution in [-0.4, -0.2) is 46.4 Å². The number of likely N-dealkylation sites (tertiary alicyclic amines) is 1. The van der Waals surface area contributed by atoms with Gasteiger partial charge in [0.1, 0.15) is 0 Å². The second kappa shape index (κ2) is 10.6. The van der Waals surface area contributed by atoms with Gasteiger partial charge in [0.25, 0.3) is 0 Å². The molecule has 4 heterocycles. The quantitative estimate of drug-likeness (QED) is 0.288. The lowest BCUT2D eigenvalue weighted by molar-refractivity contribution is 0.0225. The molecule has 36 heavy (non-hydrogen) atoms. The van der Waals surface area contributed by atoms with E-state index in [1.54, 1.807) is 22.7 Å². The fourth-order valence-corrected chi connectivity index (χ4v) is 6.91. The van der Waals surface area contributed by atoms with Crippen LogP contribution in [-0.2, 0) is 19.5 Å². The van der Waals surface area contributed by atoms with Crippen LogP contribution >= 0.6 is 22.7 Å². The highest BCUT2D eigenvalue weighted by Crippen LogP contribution is 2.37. The zero-order chi connectivity index (χ0) is 24.3. The van der Waals surface area contributed by atoms with E-state index in [0.29, 0.717) is 6.54 Å². The average Bonchev–Trinajstić information content (AvgIpc) is 3.59. The largest absolute Gasteiger partial charge is 0.321 e. The molecule has 4 nitrogen and oxygen atoms in total. The fraction of sp³-hybridized carbons (Fsp3) is 0.300. The van der Waals surface area contributed by atoms with Gasteiger partial charge < -0.3 is 9.80 Å². The van der Waals surface area contributed by atoms with Crippen molar-refractivity contribution in [3.8, 4) is 0 Å². The predicted octanol–water partition coefficient (Wildman–Crippen LogP) is 6.65. The SMILES string of the molecule is O=C1N(Cc2ccsc2)CCCc2ccccc2C(c2ccccc2)N1C1CN(Cc2ccsc2)C1. The van der Waals surface area contributed by atoms with E-state index in [0.717, 1.165) is 39.0 Å². The molecule has 1 fully saturated rings. The van der Waals surface area contributed by atoms with Crippen molar-refractivity contribution < 1.29 is 4.79 Å². The molecule has 2 amide bonds. The Bertz CT molecular complexity index is 1270. The van der Waals surface area contributed by atoms with Crippen LogP contribution in [0.2, 0.25) is 0 Å². The van der Waals surface area contributed by atoms with Gasteiger partial charge in [0.05, 0.1) is 12.1 Å². The van der Waals surface area contributed by atoms with Crippen molar-refractivity contribution in [2.75, 3.05) is 19.6 Å². The molecule has 0 spiro atoms. The number of benzene rings is 2. The molecular formula is C30H31N3OS2. The van der Waals surface area contributed by atoms with Gasteiger partial charge in [-0.15, -0.1) is 0 Å². The van der Waals surface area contributed by atoms with Crippen LogP contribution in [0.15, 0.2) is 88.3 Å². The van der Waals surface area contributed by atoms with Crippen molar-refractivity contribution in [3.05, 3.63) is 116 Å². The molecule has 184 valence electrons. The Kier molecular flexibility index (Phi) is 6.90. The minimum Gasteiger partial charge on any atom is -0.320 e. The summed E-state index contributed by atoms with van der Waals surface area (Å²) in [6.45, 7) is 4.19. The van der Waals surface area contributed by atoms with E-state index >= 15 is 0 Å². The molecular weight excluding hydrogens is 482 g/mol. The number of nitrogens with zero attached hydrogens (tertiary/aromatic N) is 3. The van der Waals surface area contributed by atoms with Gasteiger partial charge in [-0.05, 0) is 74.3 Å². The van der Waals surface area contributed by atoms with Crippen molar-refractivity contribution >= 4 is 28.7 Å². The van der Waals surface area contributed by atoms with Crippen molar-refractivity contribution in [2.45, 2.75) is 38.0 Å². The van der Waals surface area contributed by atoms with Crippen molar-refractivity contribution in [1.29, 1.82) is 0 Å². The number of carbonyl (C=O) groups is 1. The highest BCUT2D eigenvalue weighted by atomic mass is 32.1. The second-order valence-electron chi connectivity index (χ2n) is 9.84. The number of fused-ring (bicyclic) bond motifs is 1. The zero-order valence-corrected chi connectivity index (χ0v) is 22.0. The summed E-state index contributed by atoms with van der Waals surface area (Å²) in [7, 11) is 0. The first kappa shape index (κ1) is 23.5. The molecule has 0 aliphatic carbocycles. The van der Waals surface area contributed by atoms with Crippen molar-refractivity contribution in [2.24, 2.45) is 0 Å². The maximum absolute atomic E-state index is 14.5. The van der Waals surface area contributed by atoms with E-state index in [9.17, 15) is 4.79 Å². The van der Waals surface area contributed by atoms with Crippen LogP contribution < -0.4 is 0 Å². The standard InChI is InChI=1S/C30H31N3OS2/c34-30-32(18-24-13-16-36-22-24)14-6-10-25-7-4-5-11-28(25)29(26-8-2-1-3-9-26)33(30)27-19-31(20-27)17-23-12-15-35-21-23/h1-5,7-9,11-13,15-16,21-22,27,29H,6,10,14,17-20H2. The lowest BCUT2D eigenvalue weighted by Gasteiger charge is -2.49. The molecule has 2 aromatic heterocycles. The van der Waals surface area contributed by atoms with Gasteiger partial charge in [0.2, 0.25) is 0 Å². The van der Waals surface area contributed by atoms with Crippen LogP contribution in [0.4, 0.5) is 4.79 Å². The topological polar surface area (TPSA) is 26.8 Å². The van der Waals surface area contributed by atoms with Gasteiger partial charge in [-0.25, -0.2) is 4.79 Å². The summed E-state index contributed by atoms with van der Waals surface area (Å²) >= 11 is 3.44. The predicted molar refractivity (Wildman–Crippen MR) is 148 cm³/mol. The number of thiophene rings is 2. The van der Waals surface area contributed by atoms with Crippen LogP contribution in [0.25, 0.3) is 0 Å². The van der Waals surface area contributed by atoms with E-state index in [2.05, 4.69) is 103 Å². The van der Waals surface area contributed by atoms with E-state index < -0.39 is 0 Å². The third-order valence-corrected chi connectivity index (χ3v) is 8.84. The van der Waals surface area contributed by atoms with Crippen LogP contribution in [0.3, 0.4) is 0 Å². The minimum absolute atomic E-state index is 0.0914. The smallest absolute Gasteiger partial charge is 0.320 e. The Hall–Kier alpha value is -2.93. The van der Waals surface area contributed by atoms with Crippen molar-refractivity contribution in [3.63, 3.8) is 0 Å². The molecule has 1 atom stereocenters. The molecule has 2 aliphatic heterocycles. The lowest BCUT2D eigenvalue weighted by atomic mass is 9.89. The lowest BCUT2D eigenvalue weighted by Crippen LogP contribution is -2.63. The van der Waals surface area contributed by atoms with Crippen LogP contribution in [0, 0.1) is 0 Å². The Morgan fingerprint density at radius 2 is 1.50 bits per heavy atom. The fourth-order valence-electron chi connectivity index (χ4n) is 5.59. The summed E-state index contributed by atoms with van der Waals surface area (Å²) in [5.41, 5.74) is 6.39. The summed E-state index contributed by atoms with van der Waals surface area (Å²) < 4.78 is 0. The first-order valence-electron chi connectivity index (χ1n) is 12.7. The monoisotopic (exact) mass is 513 g/mol. The number of aryl methyl sites for hydroxylation is 1. The van der Waals surface area contributed by atoms with Crippen molar-refractivity contribution in [1.82, 2.24) is 14.7 Å².